The number of halogens is 1. The maximum absolute atomic E-state index is 13.9. The van der Waals surface area contributed by atoms with E-state index in [0.29, 0.717) is 23.4 Å². The van der Waals surface area contributed by atoms with E-state index in [2.05, 4.69) is 10.3 Å². The molecule has 2 aromatic heterocycles. The number of nitrogens with zero attached hydrogens (tertiary/aromatic N) is 2. The largest absolute Gasteiger partial charge is 0.456 e. The number of nitrogens with one attached hydrogen (secondary N) is 1. The number of aryl methyl sites for hydroxylation is 1. The van der Waals surface area contributed by atoms with Crippen LogP contribution in [0, 0.1) is 12.7 Å². The molecule has 4 aromatic rings. The predicted molar refractivity (Wildman–Crippen MR) is 130 cm³/mol. The number of carbonyl (C=O) groups excluding carboxylic acids is 2. The van der Waals surface area contributed by atoms with E-state index in [1.54, 1.807) is 24.4 Å². The Morgan fingerprint density at radius 3 is 2.52 bits per heavy atom. The van der Waals surface area contributed by atoms with Gasteiger partial charge in [0, 0.05) is 17.8 Å². The minimum Gasteiger partial charge on any atom is -0.456 e. The van der Waals surface area contributed by atoms with Crippen molar-refractivity contribution in [3.05, 3.63) is 82.6 Å². The number of hydrogen-bond donors (Lipinski definition) is 1. The van der Waals surface area contributed by atoms with Gasteiger partial charge in [0.25, 0.3) is 5.91 Å². The van der Waals surface area contributed by atoms with Gasteiger partial charge < -0.3 is 15.0 Å². The summed E-state index contributed by atoms with van der Waals surface area (Å²) in [5.74, 6) is 0.111. The van der Waals surface area contributed by atoms with Crippen LogP contribution in [0.15, 0.2) is 60.1 Å². The predicted octanol–water partition coefficient (Wildman–Crippen LogP) is 5.78. The van der Waals surface area contributed by atoms with E-state index in [1.807, 2.05) is 50.5 Å². The zero-order valence-electron chi connectivity index (χ0n) is 18.8. The summed E-state index contributed by atoms with van der Waals surface area (Å²) in [6, 6.07) is 12.8. The Bertz CT molecular complexity index is 1270. The first-order valence-corrected chi connectivity index (χ1v) is 10.9. The monoisotopic (exact) mass is 465 g/mol. The summed E-state index contributed by atoms with van der Waals surface area (Å²) in [4.78, 5) is 29.7. The van der Waals surface area contributed by atoms with Crippen molar-refractivity contribution in [3.8, 4) is 11.5 Å². The van der Waals surface area contributed by atoms with Gasteiger partial charge in [0.05, 0.1) is 10.3 Å². The van der Waals surface area contributed by atoms with Gasteiger partial charge in [0.2, 0.25) is 0 Å². The second-order valence-corrected chi connectivity index (χ2v) is 8.65. The van der Waals surface area contributed by atoms with Crippen molar-refractivity contribution in [1.29, 1.82) is 0 Å². The fourth-order valence-electron chi connectivity index (χ4n) is 2.78. The van der Waals surface area contributed by atoms with Crippen LogP contribution in [-0.4, -0.2) is 43.2 Å². The molecule has 0 saturated heterocycles. The molecule has 1 amide bonds. The maximum Gasteiger partial charge on any atom is 0.256 e. The first-order valence-electron chi connectivity index (χ1n) is 10.1. The highest BCUT2D eigenvalue weighted by molar-refractivity contribution is 7.17. The highest BCUT2D eigenvalue weighted by atomic mass is 32.1. The fraction of sp³-hybridized carbons (Fsp3) is 0.160. The SMILES string of the molecule is CN(C)C.Cc1ccc(NC(=O)c2cc(Oc3ccc(C=O)c(F)c3)c3sccc3c2)nc1. The molecule has 6 nitrogen and oxygen atoms in total. The second kappa shape index (κ2) is 10.8. The quantitative estimate of drug-likeness (QED) is 0.378. The molecule has 0 fully saturated rings. The standard InChI is InChI=1S/C22H15FN2O3S.C3H9N/c1-13-2-5-20(24-11-13)25-22(27)16-8-14-6-7-29-21(14)19(9-16)28-17-4-3-15(12-26)18(23)10-17;1-4(2)3/h2-12H,1H3,(H,24,25,27);1-3H3. The Morgan fingerprint density at radius 2 is 1.88 bits per heavy atom. The smallest absolute Gasteiger partial charge is 0.256 e. The molecule has 0 radical (unpaired) electrons. The molecule has 0 unspecified atom stereocenters. The third kappa shape index (κ3) is 6.44. The first-order chi connectivity index (χ1) is 15.8. The molecule has 2 heterocycles. The zero-order chi connectivity index (χ0) is 24.0. The van der Waals surface area contributed by atoms with Gasteiger partial charge in [0.15, 0.2) is 6.29 Å². The molecule has 0 aliphatic rings. The summed E-state index contributed by atoms with van der Waals surface area (Å²) >= 11 is 1.45. The third-order valence-corrected chi connectivity index (χ3v) is 5.20. The van der Waals surface area contributed by atoms with Crippen molar-refractivity contribution in [2.75, 3.05) is 26.5 Å². The van der Waals surface area contributed by atoms with E-state index in [1.165, 1.54) is 23.5 Å². The van der Waals surface area contributed by atoms with Crippen LogP contribution in [0.5, 0.6) is 11.5 Å². The lowest BCUT2D eigenvalue weighted by atomic mass is 10.1. The summed E-state index contributed by atoms with van der Waals surface area (Å²) in [5, 5.41) is 5.48. The Morgan fingerprint density at radius 1 is 1.12 bits per heavy atom. The number of rotatable bonds is 5. The van der Waals surface area contributed by atoms with Gasteiger partial charge in [-0.3, -0.25) is 9.59 Å². The minimum absolute atomic E-state index is 0.0441. The lowest BCUT2D eigenvalue weighted by molar-refractivity contribution is 0.102. The normalized spacial score (nSPS) is 10.5. The summed E-state index contributed by atoms with van der Waals surface area (Å²) in [6.07, 6.45) is 2.12. The van der Waals surface area contributed by atoms with Crippen LogP contribution in [0.4, 0.5) is 10.2 Å². The molecule has 4 rings (SSSR count). The molecule has 0 aliphatic carbocycles. The van der Waals surface area contributed by atoms with Gasteiger partial charge >= 0.3 is 0 Å². The van der Waals surface area contributed by atoms with E-state index in [0.717, 1.165) is 21.7 Å². The number of thiophene rings is 1. The highest BCUT2D eigenvalue weighted by Gasteiger charge is 2.14. The highest BCUT2D eigenvalue weighted by Crippen LogP contribution is 2.35. The van der Waals surface area contributed by atoms with Crippen molar-refractivity contribution in [3.63, 3.8) is 0 Å². The topological polar surface area (TPSA) is 71.5 Å². The Kier molecular flexibility index (Phi) is 7.87. The molecule has 170 valence electrons. The van der Waals surface area contributed by atoms with Crippen LogP contribution >= 0.6 is 11.3 Å². The van der Waals surface area contributed by atoms with Crippen LogP contribution < -0.4 is 10.1 Å². The number of hydrogen-bond acceptors (Lipinski definition) is 6. The van der Waals surface area contributed by atoms with E-state index in [-0.39, 0.29) is 17.2 Å². The molecule has 0 spiro atoms. The van der Waals surface area contributed by atoms with Crippen LogP contribution in [-0.2, 0) is 0 Å². The lowest BCUT2D eigenvalue weighted by Crippen LogP contribution is -2.13. The van der Waals surface area contributed by atoms with Gasteiger partial charge in [-0.05, 0) is 80.8 Å². The van der Waals surface area contributed by atoms with Gasteiger partial charge in [-0.15, -0.1) is 11.3 Å². The van der Waals surface area contributed by atoms with Crippen molar-refractivity contribution >= 4 is 39.4 Å². The van der Waals surface area contributed by atoms with Crippen LogP contribution in [0.1, 0.15) is 26.3 Å². The van der Waals surface area contributed by atoms with E-state index in [9.17, 15) is 14.0 Å². The van der Waals surface area contributed by atoms with Crippen LogP contribution in [0.25, 0.3) is 10.1 Å². The summed E-state index contributed by atoms with van der Waals surface area (Å²) in [6.45, 7) is 1.91. The number of aldehydes is 1. The number of fused-ring (bicyclic) bond motifs is 1. The van der Waals surface area contributed by atoms with Gasteiger partial charge in [-0.2, -0.15) is 0 Å². The van der Waals surface area contributed by atoms with Crippen molar-refractivity contribution in [1.82, 2.24) is 9.88 Å². The maximum atomic E-state index is 13.9. The Balaban J connectivity index is 0.000000709. The third-order valence-electron chi connectivity index (χ3n) is 4.26. The molecule has 8 heteroatoms. The molecule has 0 atom stereocenters. The molecule has 33 heavy (non-hydrogen) atoms. The van der Waals surface area contributed by atoms with Crippen LogP contribution in [0.2, 0.25) is 0 Å². The van der Waals surface area contributed by atoms with Gasteiger partial charge in [-0.25, -0.2) is 9.37 Å². The summed E-state index contributed by atoms with van der Waals surface area (Å²) < 4.78 is 20.6. The number of ether oxygens (including phenoxy) is 1. The number of pyridine rings is 1. The fourth-order valence-corrected chi connectivity index (χ4v) is 3.61. The number of benzene rings is 2. The molecule has 2 aromatic carbocycles. The molecule has 0 saturated carbocycles. The average Bonchev–Trinajstić information content (AvgIpc) is 3.24. The first kappa shape index (κ1) is 24.0. The zero-order valence-corrected chi connectivity index (χ0v) is 19.6. The molecule has 0 bridgehead atoms. The Labute approximate surface area is 195 Å². The number of anilines is 1. The van der Waals surface area contributed by atoms with Crippen molar-refractivity contribution in [2.45, 2.75) is 6.92 Å². The van der Waals surface area contributed by atoms with Crippen molar-refractivity contribution < 1.29 is 18.7 Å². The molecular formula is C25H24FN3O3S. The lowest BCUT2D eigenvalue weighted by Gasteiger charge is -2.10. The molecule has 0 aliphatic heterocycles. The number of aromatic nitrogens is 1. The van der Waals surface area contributed by atoms with Gasteiger partial charge in [-0.1, -0.05) is 6.07 Å². The van der Waals surface area contributed by atoms with E-state index >= 15 is 0 Å². The van der Waals surface area contributed by atoms with Crippen LogP contribution in [0.3, 0.4) is 0 Å². The van der Waals surface area contributed by atoms with Crippen molar-refractivity contribution in [2.24, 2.45) is 0 Å². The van der Waals surface area contributed by atoms with E-state index < -0.39 is 5.82 Å². The summed E-state index contributed by atoms with van der Waals surface area (Å²) in [5.41, 5.74) is 1.34. The number of carbonyl (C=O) groups is 2. The summed E-state index contributed by atoms with van der Waals surface area (Å²) in [7, 11) is 6.00. The number of amides is 1. The molecule has 1 N–H and O–H groups in total. The van der Waals surface area contributed by atoms with E-state index in [4.69, 9.17) is 4.74 Å². The molecular weight excluding hydrogens is 441 g/mol. The average molecular weight is 466 g/mol. The van der Waals surface area contributed by atoms with Gasteiger partial charge in [0.1, 0.15) is 23.1 Å². The minimum atomic E-state index is -0.667. The Hall–Kier alpha value is -3.62. The second-order valence-electron chi connectivity index (χ2n) is 7.73.